The highest BCUT2D eigenvalue weighted by atomic mass is 15.3. The number of aryl methyl sites for hydroxylation is 2. The fourth-order valence-corrected chi connectivity index (χ4v) is 4.23. The summed E-state index contributed by atoms with van der Waals surface area (Å²) in [6, 6.07) is 2.92. The van der Waals surface area contributed by atoms with E-state index in [1.807, 2.05) is 0 Å². The van der Waals surface area contributed by atoms with Gasteiger partial charge in [-0.1, -0.05) is 13.3 Å². The molecule has 0 aromatic carbocycles. The minimum atomic E-state index is 0.671. The molecule has 1 aromatic heterocycles. The van der Waals surface area contributed by atoms with Crippen LogP contribution in [-0.4, -0.2) is 22.4 Å². The summed E-state index contributed by atoms with van der Waals surface area (Å²) < 4.78 is 2.06. The molecule has 2 aliphatic rings. The van der Waals surface area contributed by atoms with Gasteiger partial charge in [-0.25, -0.2) is 0 Å². The van der Waals surface area contributed by atoms with Crippen LogP contribution in [0.5, 0.6) is 0 Å². The van der Waals surface area contributed by atoms with E-state index in [1.165, 1.54) is 31.4 Å². The molecule has 1 N–H and O–H groups in total. The minimum absolute atomic E-state index is 0.671. The van der Waals surface area contributed by atoms with Crippen LogP contribution < -0.4 is 5.32 Å². The highest BCUT2D eigenvalue weighted by Gasteiger charge is 2.55. The first-order valence-corrected chi connectivity index (χ1v) is 7.93. The quantitative estimate of drug-likeness (QED) is 0.853. The topological polar surface area (TPSA) is 29.9 Å². The summed E-state index contributed by atoms with van der Waals surface area (Å²) in [5, 5.41) is 8.29. The summed E-state index contributed by atoms with van der Waals surface area (Å²) in [7, 11) is 2.08. The third-order valence-electron chi connectivity index (χ3n) is 5.12. The molecular weight excluding hydrogens is 234 g/mol. The van der Waals surface area contributed by atoms with E-state index in [4.69, 9.17) is 0 Å². The van der Waals surface area contributed by atoms with E-state index in [9.17, 15) is 0 Å². The summed E-state index contributed by atoms with van der Waals surface area (Å²) in [6.07, 6.45) is 6.79. The average molecular weight is 261 g/mol. The predicted molar refractivity (Wildman–Crippen MR) is 78.1 cm³/mol. The van der Waals surface area contributed by atoms with Crippen LogP contribution in [0.4, 0.5) is 0 Å². The molecule has 1 heterocycles. The van der Waals surface area contributed by atoms with Crippen molar-refractivity contribution in [3.8, 4) is 0 Å². The lowest BCUT2D eigenvalue weighted by molar-refractivity contribution is 0.396. The lowest BCUT2D eigenvalue weighted by Gasteiger charge is -2.20. The van der Waals surface area contributed by atoms with Crippen molar-refractivity contribution in [2.75, 3.05) is 6.54 Å². The zero-order valence-corrected chi connectivity index (χ0v) is 12.5. The first-order chi connectivity index (χ1) is 9.20. The second-order valence-electron chi connectivity index (χ2n) is 6.50. The SMILES string of the molecule is CCCNC(Cc1cc(C)nn1C)C1C2CCCC21. The molecule has 0 aliphatic heterocycles. The van der Waals surface area contributed by atoms with Crippen LogP contribution >= 0.6 is 0 Å². The largest absolute Gasteiger partial charge is 0.313 e. The van der Waals surface area contributed by atoms with Crippen LogP contribution in [0.1, 0.15) is 44.0 Å². The lowest BCUT2D eigenvalue weighted by atomic mass is 9.99. The Hall–Kier alpha value is -0.830. The summed E-state index contributed by atoms with van der Waals surface area (Å²) in [5.74, 6) is 3.00. The van der Waals surface area contributed by atoms with Crippen LogP contribution in [0, 0.1) is 24.7 Å². The van der Waals surface area contributed by atoms with Gasteiger partial charge in [0.2, 0.25) is 0 Å². The summed E-state index contributed by atoms with van der Waals surface area (Å²) in [4.78, 5) is 0. The second-order valence-corrected chi connectivity index (χ2v) is 6.50. The number of hydrogen-bond acceptors (Lipinski definition) is 2. The number of nitrogens with one attached hydrogen (secondary N) is 1. The molecule has 2 fully saturated rings. The molecule has 1 aromatic rings. The molecule has 106 valence electrons. The molecular formula is C16H27N3. The summed E-state index contributed by atoms with van der Waals surface area (Å²) in [6.45, 7) is 5.49. The number of fused-ring (bicyclic) bond motifs is 1. The molecule has 3 atom stereocenters. The van der Waals surface area contributed by atoms with Gasteiger partial charge < -0.3 is 5.32 Å². The first-order valence-electron chi connectivity index (χ1n) is 7.93. The number of aromatic nitrogens is 2. The lowest BCUT2D eigenvalue weighted by Crippen LogP contribution is -2.35. The molecule has 19 heavy (non-hydrogen) atoms. The van der Waals surface area contributed by atoms with Gasteiger partial charge in [0.1, 0.15) is 0 Å². The van der Waals surface area contributed by atoms with Crippen LogP contribution in [0.15, 0.2) is 6.07 Å². The zero-order chi connectivity index (χ0) is 13.4. The number of hydrogen-bond donors (Lipinski definition) is 1. The van der Waals surface area contributed by atoms with Gasteiger partial charge in [0.05, 0.1) is 5.69 Å². The fraction of sp³-hybridized carbons (Fsp3) is 0.812. The Morgan fingerprint density at radius 1 is 1.42 bits per heavy atom. The van der Waals surface area contributed by atoms with Crippen LogP contribution in [-0.2, 0) is 13.5 Å². The maximum atomic E-state index is 4.49. The van der Waals surface area contributed by atoms with Gasteiger partial charge in [-0.15, -0.1) is 0 Å². The van der Waals surface area contributed by atoms with Crippen molar-refractivity contribution >= 4 is 0 Å². The van der Waals surface area contributed by atoms with Crippen molar-refractivity contribution in [1.29, 1.82) is 0 Å². The standard InChI is InChI=1S/C16H27N3/c1-4-8-17-15(16-13-6-5-7-14(13)16)10-12-9-11(2)18-19(12)3/h9,13-17H,4-8,10H2,1-3H3. The van der Waals surface area contributed by atoms with Gasteiger partial charge in [0.15, 0.2) is 0 Å². The van der Waals surface area contributed by atoms with Crippen molar-refractivity contribution in [2.24, 2.45) is 24.8 Å². The molecule has 0 bridgehead atoms. The van der Waals surface area contributed by atoms with Crippen molar-refractivity contribution in [2.45, 2.75) is 52.0 Å². The normalized spacial score (nSPS) is 30.4. The van der Waals surface area contributed by atoms with Crippen LogP contribution in [0.25, 0.3) is 0 Å². The Morgan fingerprint density at radius 2 is 2.16 bits per heavy atom. The van der Waals surface area contributed by atoms with Gasteiger partial charge in [-0.05, 0) is 56.6 Å². The zero-order valence-electron chi connectivity index (χ0n) is 12.5. The van der Waals surface area contributed by atoms with Crippen LogP contribution in [0.2, 0.25) is 0 Å². The maximum Gasteiger partial charge on any atom is 0.0596 e. The smallest absolute Gasteiger partial charge is 0.0596 e. The summed E-state index contributed by atoms with van der Waals surface area (Å²) in [5.41, 5.74) is 2.53. The molecule has 0 amide bonds. The molecule has 0 saturated heterocycles. The Bertz CT molecular complexity index is 427. The van der Waals surface area contributed by atoms with E-state index in [0.717, 1.165) is 36.4 Å². The molecule has 3 unspecified atom stereocenters. The van der Waals surface area contributed by atoms with Crippen molar-refractivity contribution in [1.82, 2.24) is 15.1 Å². The van der Waals surface area contributed by atoms with E-state index in [-0.39, 0.29) is 0 Å². The van der Waals surface area contributed by atoms with E-state index in [2.05, 4.69) is 42.1 Å². The fourth-order valence-electron chi connectivity index (χ4n) is 4.23. The van der Waals surface area contributed by atoms with Gasteiger partial charge in [0, 0.05) is 25.2 Å². The molecule has 0 spiro atoms. The first kappa shape index (κ1) is 13.2. The molecule has 2 aliphatic carbocycles. The summed E-state index contributed by atoms with van der Waals surface area (Å²) >= 11 is 0. The van der Waals surface area contributed by atoms with Gasteiger partial charge >= 0.3 is 0 Å². The molecule has 0 radical (unpaired) electrons. The Labute approximate surface area is 116 Å². The van der Waals surface area contributed by atoms with Crippen molar-refractivity contribution < 1.29 is 0 Å². The van der Waals surface area contributed by atoms with Crippen molar-refractivity contribution in [3.63, 3.8) is 0 Å². The highest BCUT2D eigenvalue weighted by Crippen LogP contribution is 2.59. The van der Waals surface area contributed by atoms with Gasteiger partial charge in [-0.3, -0.25) is 4.68 Å². The monoisotopic (exact) mass is 261 g/mol. The van der Waals surface area contributed by atoms with Crippen molar-refractivity contribution in [3.05, 3.63) is 17.5 Å². The van der Waals surface area contributed by atoms with E-state index >= 15 is 0 Å². The number of nitrogens with zero attached hydrogens (tertiary/aromatic N) is 2. The molecule has 3 heteroatoms. The Morgan fingerprint density at radius 3 is 2.74 bits per heavy atom. The second kappa shape index (κ2) is 5.28. The Kier molecular flexibility index (Phi) is 3.66. The number of rotatable bonds is 6. The molecule has 2 saturated carbocycles. The van der Waals surface area contributed by atoms with E-state index < -0.39 is 0 Å². The van der Waals surface area contributed by atoms with E-state index in [1.54, 1.807) is 0 Å². The minimum Gasteiger partial charge on any atom is -0.313 e. The van der Waals surface area contributed by atoms with Gasteiger partial charge in [-0.2, -0.15) is 5.10 Å². The average Bonchev–Trinajstić information content (AvgIpc) is 2.71. The van der Waals surface area contributed by atoms with Crippen LogP contribution in [0.3, 0.4) is 0 Å². The van der Waals surface area contributed by atoms with E-state index in [0.29, 0.717) is 6.04 Å². The molecule has 3 nitrogen and oxygen atoms in total. The third-order valence-corrected chi connectivity index (χ3v) is 5.12. The third kappa shape index (κ3) is 2.58. The Balaban J connectivity index is 1.67. The van der Waals surface area contributed by atoms with Gasteiger partial charge in [0.25, 0.3) is 0 Å². The molecule has 3 rings (SSSR count). The highest BCUT2D eigenvalue weighted by molar-refractivity contribution is 5.14. The predicted octanol–water partition coefficient (Wildman–Crippen LogP) is 2.69. The maximum absolute atomic E-state index is 4.49.